The van der Waals surface area contributed by atoms with Crippen LogP contribution in [0, 0.1) is 17.8 Å². The standard InChI is InChI=1S/C27H34O13/c1-12-16(29)9-14-15(25(33)34)11-37-26(21(12)14)40-27-24(23(32)22(31)19(10-28)38-27)39-20(30)7-5-13-4-6-17(35-2)18(8-13)36-3/h4-8,11-12,14,16,19,21-24,26-29,31-32H,9-10H2,1-3H3,(H,33,34)/t12-,14+,16+,19-,21-,22-,23+,24-,26+,27-/m1/s1. The summed E-state index contributed by atoms with van der Waals surface area (Å²) < 4.78 is 33.1. The van der Waals surface area contributed by atoms with Crippen molar-refractivity contribution in [1.82, 2.24) is 0 Å². The molecule has 1 aliphatic carbocycles. The molecule has 2 fully saturated rings. The first kappa shape index (κ1) is 29.8. The third kappa shape index (κ3) is 5.94. The highest BCUT2D eigenvalue weighted by Crippen LogP contribution is 2.47. The second kappa shape index (κ2) is 12.5. The van der Waals surface area contributed by atoms with E-state index in [4.69, 9.17) is 28.4 Å². The molecular formula is C27H34O13. The van der Waals surface area contributed by atoms with E-state index in [1.807, 2.05) is 0 Å². The Morgan fingerprint density at radius 1 is 1.07 bits per heavy atom. The number of carboxylic acids is 1. The molecule has 13 nitrogen and oxygen atoms in total. The molecule has 3 aliphatic rings. The first-order valence-corrected chi connectivity index (χ1v) is 12.7. The molecule has 2 aliphatic heterocycles. The number of carbonyl (C=O) groups excluding carboxylic acids is 1. The maximum absolute atomic E-state index is 12.7. The predicted octanol–water partition coefficient (Wildman–Crippen LogP) is 0.0423. The topological polar surface area (TPSA) is 191 Å². The van der Waals surface area contributed by atoms with E-state index in [-0.39, 0.29) is 12.0 Å². The summed E-state index contributed by atoms with van der Waals surface area (Å²) in [6, 6.07) is 4.97. The Balaban J connectivity index is 1.53. The van der Waals surface area contributed by atoms with E-state index in [0.29, 0.717) is 17.1 Å². The lowest BCUT2D eigenvalue weighted by molar-refractivity contribution is -0.343. The fourth-order valence-corrected chi connectivity index (χ4v) is 5.39. The molecule has 0 spiro atoms. The number of ether oxygens (including phenoxy) is 6. The number of carbonyl (C=O) groups is 2. The van der Waals surface area contributed by atoms with Crippen LogP contribution in [0.2, 0.25) is 0 Å². The Bertz CT molecular complexity index is 1130. The van der Waals surface area contributed by atoms with Crippen LogP contribution < -0.4 is 9.47 Å². The monoisotopic (exact) mass is 566 g/mol. The molecule has 0 amide bonds. The largest absolute Gasteiger partial charge is 0.493 e. The van der Waals surface area contributed by atoms with E-state index in [2.05, 4.69) is 0 Å². The minimum atomic E-state index is -1.70. The molecule has 0 aromatic heterocycles. The molecule has 10 atom stereocenters. The lowest BCUT2D eigenvalue weighted by Gasteiger charge is -2.44. The maximum atomic E-state index is 12.7. The van der Waals surface area contributed by atoms with E-state index in [1.165, 1.54) is 20.3 Å². The second-order valence-electron chi connectivity index (χ2n) is 9.92. The van der Waals surface area contributed by atoms with Gasteiger partial charge in [0.15, 0.2) is 17.6 Å². The summed E-state index contributed by atoms with van der Waals surface area (Å²) in [5.74, 6) is -2.75. The number of hydrogen-bond acceptors (Lipinski definition) is 12. The highest BCUT2D eigenvalue weighted by molar-refractivity contribution is 5.87. The van der Waals surface area contributed by atoms with Gasteiger partial charge < -0.3 is 54.0 Å². The van der Waals surface area contributed by atoms with Crippen LogP contribution in [0.1, 0.15) is 18.9 Å². The SMILES string of the molecule is COc1ccc(C=CC(=O)O[C@H]2[C@@H](O[C@@H]3OC=C(C(=O)O)[C@@H]4C[C@H](O)[C@@H](C)[C@@H]34)O[C@H](CO)[C@@H](O)[C@@H]2O)cc1OC. The van der Waals surface area contributed by atoms with Crippen molar-refractivity contribution in [3.05, 3.63) is 41.7 Å². The number of aliphatic hydroxyl groups excluding tert-OH is 4. The number of hydrogen-bond donors (Lipinski definition) is 5. The molecule has 0 bridgehead atoms. The van der Waals surface area contributed by atoms with Gasteiger partial charge in [-0.25, -0.2) is 9.59 Å². The average Bonchev–Trinajstić information content (AvgIpc) is 3.25. The van der Waals surface area contributed by atoms with Crippen LogP contribution in [0.15, 0.2) is 36.1 Å². The third-order valence-electron chi connectivity index (χ3n) is 7.63. The van der Waals surface area contributed by atoms with Gasteiger partial charge in [-0.3, -0.25) is 0 Å². The molecule has 1 aromatic rings. The summed E-state index contributed by atoms with van der Waals surface area (Å²) in [6.07, 6.45) is -5.83. The summed E-state index contributed by atoms with van der Waals surface area (Å²) in [5, 5.41) is 50.8. The minimum Gasteiger partial charge on any atom is -0.493 e. The predicted molar refractivity (Wildman–Crippen MR) is 135 cm³/mol. The van der Waals surface area contributed by atoms with Gasteiger partial charge in [0.1, 0.15) is 18.3 Å². The Morgan fingerprint density at radius 2 is 1.80 bits per heavy atom. The van der Waals surface area contributed by atoms with Crippen LogP contribution in [0.25, 0.3) is 6.08 Å². The first-order chi connectivity index (χ1) is 19.1. The van der Waals surface area contributed by atoms with Crippen LogP contribution in [0.4, 0.5) is 0 Å². The molecule has 0 unspecified atom stereocenters. The molecule has 2 heterocycles. The van der Waals surface area contributed by atoms with Gasteiger partial charge in [0.05, 0.1) is 38.8 Å². The van der Waals surface area contributed by atoms with Crippen molar-refractivity contribution in [2.45, 2.75) is 56.4 Å². The van der Waals surface area contributed by atoms with Crippen molar-refractivity contribution in [2.24, 2.45) is 17.8 Å². The Morgan fingerprint density at radius 3 is 2.45 bits per heavy atom. The Labute approximate surface area is 230 Å². The Hall–Kier alpha value is -3.20. The summed E-state index contributed by atoms with van der Waals surface area (Å²) in [6.45, 7) is 1.06. The fraction of sp³-hybridized carbons (Fsp3) is 0.556. The number of fused-ring (bicyclic) bond motifs is 1. The van der Waals surface area contributed by atoms with E-state index in [0.717, 1.165) is 12.3 Å². The number of esters is 1. The van der Waals surface area contributed by atoms with Crippen molar-refractivity contribution in [1.29, 1.82) is 0 Å². The van der Waals surface area contributed by atoms with Gasteiger partial charge >= 0.3 is 11.9 Å². The summed E-state index contributed by atoms with van der Waals surface area (Å²) in [5.41, 5.74) is 0.574. The molecule has 4 rings (SSSR count). The highest BCUT2D eigenvalue weighted by atomic mass is 16.8. The van der Waals surface area contributed by atoms with Crippen molar-refractivity contribution < 1.29 is 63.5 Å². The van der Waals surface area contributed by atoms with Gasteiger partial charge in [-0.15, -0.1) is 0 Å². The number of benzene rings is 1. The van der Waals surface area contributed by atoms with Gasteiger partial charge in [0, 0.05) is 17.9 Å². The van der Waals surface area contributed by atoms with E-state index >= 15 is 0 Å². The molecule has 1 saturated heterocycles. The van der Waals surface area contributed by atoms with Crippen LogP contribution in [0.5, 0.6) is 11.5 Å². The number of aliphatic carboxylic acids is 1. The van der Waals surface area contributed by atoms with Crippen LogP contribution in [-0.4, -0.2) is 101 Å². The zero-order valence-corrected chi connectivity index (χ0v) is 22.2. The number of methoxy groups -OCH3 is 2. The van der Waals surface area contributed by atoms with Crippen LogP contribution in [0.3, 0.4) is 0 Å². The van der Waals surface area contributed by atoms with E-state index < -0.39 is 79.4 Å². The Kier molecular flexibility index (Phi) is 9.33. The number of carboxylic acid groups (broad SMARTS) is 1. The fourth-order valence-electron chi connectivity index (χ4n) is 5.39. The second-order valence-corrected chi connectivity index (χ2v) is 9.92. The van der Waals surface area contributed by atoms with E-state index in [1.54, 1.807) is 25.1 Å². The van der Waals surface area contributed by atoms with Crippen molar-refractivity contribution in [3.63, 3.8) is 0 Å². The minimum absolute atomic E-state index is 0.00946. The van der Waals surface area contributed by atoms with Crippen molar-refractivity contribution >= 4 is 18.0 Å². The highest BCUT2D eigenvalue weighted by Gasteiger charge is 2.54. The van der Waals surface area contributed by atoms with Crippen LogP contribution in [-0.2, 0) is 28.5 Å². The van der Waals surface area contributed by atoms with Gasteiger partial charge in [0.25, 0.3) is 0 Å². The van der Waals surface area contributed by atoms with Gasteiger partial charge in [-0.05, 0) is 36.1 Å². The first-order valence-electron chi connectivity index (χ1n) is 12.7. The van der Waals surface area contributed by atoms with Crippen molar-refractivity contribution in [2.75, 3.05) is 20.8 Å². The van der Waals surface area contributed by atoms with Crippen molar-refractivity contribution in [3.8, 4) is 11.5 Å². The molecular weight excluding hydrogens is 532 g/mol. The van der Waals surface area contributed by atoms with Gasteiger partial charge in [-0.2, -0.15) is 0 Å². The number of rotatable bonds is 9. The van der Waals surface area contributed by atoms with E-state index in [9.17, 15) is 35.1 Å². The maximum Gasteiger partial charge on any atom is 0.334 e. The summed E-state index contributed by atoms with van der Waals surface area (Å²) >= 11 is 0. The smallest absolute Gasteiger partial charge is 0.334 e. The molecule has 0 radical (unpaired) electrons. The zero-order valence-electron chi connectivity index (χ0n) is 22.2. The lowest BCUT2D eigenvalue weighted by atomic mass is 9.83. The van der Waals surface area contributed by atoms with Gasteiger partial charge in [0.2, 0.25) is 12.6 Å². The molecule has 220 valence electrons. The van der Waals surface area contributed by atoms with Crippen LogP contribution >= 0.6 is 0 Å². The lowest BCUT2D eigenvalue weighted by Crippen LogP contribution is -2.61. The quantitative estimate of drug-likeness (QED) is 0.199. The molecule has 13 heteroatoms. The number of aliphatic hydroxyl groups is 4. The third-order valence-corrected chi connectivity index (χ3v) is 7.63. The summed E-state index contributed by atoms with van der Waals surface area (Å²) in [4.78, 5) is 24.5. The average molecular weight is 567 g/mol. The summed E-state index contributed by atoms with van der Waals surface area (Å²) in [7, 11) is 2.96. The molecule has 5 N–H and O–H groups in total. The normalized spacial score (nSPS) is 35.4. The zero-order chi connectivity index (χ0) is 29.1. The molecule has 40 heavy (non-hydrogen) atoms. The van der Waals surface area contributed by atoms with Gasteiger partial charge in [-0.1, -0.05) is 13.0 Å². The molecule has 1 saturated carbocycles. The molecule has 1 aromatic carbocycles.